The minimum atomic E-state index is -1.10. The summed E-state index contributed by atoms with van der Waals surface area (Å²) in [6.07, 6.45) is 2.23. The quantitative estimate of drug-likeness (QED) is 0.349. The molecule has 0 heterocycles. The molecule has 0 amide bonds. The lowest BCUT2D eigenvalue weighted by Gasteiger charge is -2.03. The summed E-state index contributed by atoms with van der Waals surface area (Å²) in [6, 6.07) is 2.70. The van der Waals surface area contributed by atoms with Crippen LogP contribution in [-0.4, -0.2) is 16.0 Å². The Labute approximate surface area is 91.2 Å². The van der Waals surface area contributed by atoms with Crippen LogP contribution in [-0.2, 0) is 4.79 Å². The monoisotopic (exact) mass is 222 g/mol. The van der Waals surface area contributed by atoms with Gasteiger partial charge in [0.05, 0.1) is 4.92 Å². The second-order valence-electron chi connectivity index (χ2n) is 3.20. The van der Waals surface area contributed by atoms with Crippen LogP contribution in [0.5, 0.6) is 0 Å². The number of aliphatic carboxylic acids is 1. The van der Waals surface area contributed by atoms with Crippen molar-refractivity contribution >= 4 is 23.4 Å². The predicted molar refractivity (Wildman–Crippen MR) is 58.9 cm³/mol. The standard InChI is InChI=1S/C10H10N2O4/c1-6-4-7(2-3-10(13)14)8(11)5-9(6)12(15)16/h2-5H,11H2,1H3,(H,13,14). The molecule has 1 aromatic carbocycles. The lowest BCUT2D eigenvalue weighted by atomic mass is 10.1. The minimum Gasteiger partial charge on any atom is -0.478 e. The summed E-state index contributed by atoms with van der Waals surface area (Å²) in [4.78, 5) is 20.4. The molecule has 16 heavy (non-hydrogen) atoms. The molecule has 3 N–H and O–H groups in total. The number of carbonyl (C=O) groups is 1. The van der Waals surface area contributed by atoms with Gasteiger partial charge in [0.25, 0.3) is 5.69 Å². The third kappa shape index (κ3) is 2.57. The zero-order valence-electron chi connectivity index (χ0n) is 8.51. The van der Waals surface area contributed by atoms with Gasteiger partial charge in [-0.05, 0) is 24.6 Å². The van der Waals surface area contributed by atoms with Gasteiger partial charge in [-0.15, -0.1) is 0 Å². The number of nitrogens with zero attached hydrogens (tertiary/aromatic N) is 1. The fourth-order valence-corrected chi connectivity index (χ4v) is 1.24. The molecule has 0 aliphatic carbocycles. The Morgan fingerprint density at radius 1 is 1.56 bits per heavy atom. The zero-order valence-corrected chi connectivity index (χ0v) is 8.51. The van der Waals surface area contributed by atoms with Gasteiger partial charge >= 0.3 is 5.97 Å². The van der Waals surface area contributed by atoms with E-state index in [4.69, 9.17) is 10.8 Å². The van der Waals surface area contributed by atoms with Crippen molar-refractivity contribution in [2.45, 2.75) is 6.92 Å². The van der Waals surface area contributed by atoms with E-state index >= 15 is 0 Å². The first-order chi connectivity index (χ1) is 7.41. The highest BCUT2D eigenvalue weighted by atomic mass is 16.6. The number of nitrogens with two attached hydrogens (primary N) is 1. The van der Waals surface area contributed by atoms with Crippen molar-refractivity contribution < 1.29 is 14.8 Å². The summed E-state index contributed by atoms with van der Waals surface area (Å²) >= 11 is 0. The van der Waals surface area contributed by atoms with Crippen LogP contribution >= 0.6 is 0 Å². The lowest BCUT2D eigenvalue weighted by molar-refractivity contribution is -0.385. The van der Waals surface area contributed by atoms with Gasteiger partial charge in [-0.1, -0.05) is 0 Å². The van der Waals surface area contributed by atoms with Crippen LogP contribution < -0.4 is 5.73 Å². The van der Waals surface area contributed by atoms with E-state index in [0.29, 0.717) is 11.1 Å². The zero-order chi connectivity index (χ0) is 12.3. The molecule has 0 saturated carbocycles. The van der Waals surface area contributed by atoms with E-state index in [0.717, 1.165) is 6.08 Å². The molecule has 6 nitrogen and oxygen atoms in total. The SMILES string of the molecule is Cc1cc(C=CC(=O)O)c(N)cc1[N+](=O)[O-]. The lowest BCUT2D eigenvalue weighted by Crippen LogP contribution is -1.97. The molecule has 0 unspecified atom stereocenters. The van der Waals surface area contributed by atoms with E-state index in [9.17, 15) is 14.9 Å². The van der Waals surface area contributed by atoms with Gasteiger partial charge < -0.3 is 10.8 Å². The maximum atomic E-state index is 10.6. The second kappa shape index (κ2) is 4.43. The Morgan fingerprint density at radius 3 is 2.69 bits per heavy atom. The average molecular weight is 222 g/mol. The van der Waals surface area contributed by atoms with Crippen molar-refractivity contribution in [3.05, 3.63) is 39.4 Å². The molecular weight excluding hydrogens is 212 g/mol. The number of rotatable bonds is 3. The molecule has 0 aliphatic heterocycles. The number of anilines is 1. The highest BCUT2D eigenvalue weighted by Crippen LogP contribution is 2.25. The molecule has 0 atom stereocenters. The van der Waals surface area contributed by atoms with Gasteiger partial charge in [0.15, 0.2) is 0 Å². The van der Waals surface area contributed by atoms with Crippen molar-refractivity contribution in [2.75, 3.05) is 5.73 Å². The Hall–Kier alpha value is -2.37. The number of hydrogen-bond acceptors (Lipinski definition) is 4. The van der Waals surface area contributed by atoms with Crippen molar-refractivity contribution in [1.82, 2.24) is 0 Å². The summed E-state index contributed by atoms with van der Waals surface area (Å²) in [5, 5.41) is 19.0. The number of carboxylic acids is 1. The third-order valence-corrected chi connectivity index (χ3v) is 2.00. The Bertz CT molecular complexity index is 480. The predicted octanol–water partition coefficient (Wildman–Crippen LogP) is 1.58. The van der Waals surface area contributed by atoms with Gasteiger partial charge in [0.1, 0.15) is 0 Å². The molecule has 0 fully saturated rings. The van der Waals surface area contributed by atoms with Crippen LogP contribution in [0.15, 0.2) is 18.2 Å². The first-order valence-electron chi connectivity index (χ1n) is 4.37. The number of carboxylic acid groups (broad SMARTS) is 1. The Morgan fingerprint density at radius 2 is 2.19 bits per heavy atom. The van der Waals surface area contributed by atoms with Crippen LogP contribution in [0, 0.1) is 17.0 Å². The summed E-state index contributed by atoms with van der Waals surface area (Å²) in [7, 11) is 0. The van der Waals surface area contributed by atoms with Gasteiger partial charge in [0.2, 0.25) is 0 Å². The molecule has 0 saturated heterocycles. The highest BCUT2D eigenvalue weighted by molar-refractivity contribution is 5.87. The topological polar surface area (TPSA) is 106 Å². The van der Waals surface area contributed by atoms with E-state index in [2.05, 4.69) is 0 Å². The maximum Gasteiger partial charge on any atom is 0.328 e. The molecular formula is C10H10N2O4. The van der Waals surface area contributed by atoms with E-state index in [-0.39, 0.29) is 11.4 Å². The van der Waals surface area contributed by atoms with Crippen LogP contribution in [0.4, 0.5) is 11.4 Å². The van der Waals surface area contributed by atoms with Crippen molar-refractivity contribution in [3.63, 3.8) is 0 Å². The van der Waals surface area contributed by atoms with Gasteiger partial charge in [-0.3, -0.25) is 10.1 Å². The van der Waals surface area contributed by atoms with E-state index in [1.54, 1.807) is 6.92 Å². The normalized spacial score (nSPS) is 10.6. The molecule has 0 aliphatic rings. The first kappa shape index (κ1) is 11.7. The van der Waals surface area contributed by atoms with Crippen molar-refractivity contribution in [2.24, 2.45) is 0 Å². The van der Waals surface area contributed by atoms with Crippen molar-refractivity contribution in [3.8, 4) is 0 Å². The van der Waals surface area contributed by atoms with Crippen LogP contribution in [0.3, 0.4) is 0 Å². The first-order valence-corrected chi connectivity index (χ1v) is 4.37. The number of nitrogen functional groups attached to an aromatic ring is 1. The fourth-order valence-electron chi connectivity index (χ4n) is 1.24. The highest BCUT2D eigenvalue weighted by Gasteiger charge is 2.12. The molecule has 1 aromatic rings. The maximum absolute atomic E-state index is 10.6. The van der Waals surface area contributed by atoms with Crippen LogP contribution in [0.1, 0.15) is 11.1 Å². The van der Waals surface area contributed by atoms with E-state index in [1.165, 1.54) is 18.2 Å². The van der Waals surface area contributed by atoms with E-state index in [1.807, 2.05) is 0 Å². The summed E-state index contributed by atoms with van der Waals surface area (Å²) < 4.78 is 0. The van der Waals surface area contributed by atoms with Gasteiger partial charge in [-0.2, -0.15) is 0 Å². The van der Waals surface area contributed by atoms with Gasteiger partial charge in [-0.25, -0.2) is 4.79 Å². The van der Waals surface area contributed by atoms with Crippen LogP contribution in [0.2, 0.25) is 0 Å². The number of benzene rings is 1. The smallest absolute Gasteiger partial charge is 0.328 e. The van der Waals surface area contributed by atoms with Gasteiger partial charge in [0, 0.05) is 23.4 Å². The average Bonchev–Trinajstić information content (AvgIpc) is 2.18. The Kier molecular flexibility index (Phi) is 3.24. The molecule has 0 spiro atoms. The van der Waals surface area contributed by atoms with Crippen molar-refractivity contribution in [1.29, 1.82) is 0 Å². The number of nitro benzene ring substituents is 1. The molecule has 0 radical (unpaired) electrons. The molecule has 1 rings (SSSR count). The Balaban J connectivity index is 3.20. The molecule has 6 heteroatoms. The minimum absolute atomic E-state index is 0.0787. The summed E-state index contributed by atoms with van der Waals surface area (Å²) in [5.74, 6) is -1.10. The number of nitro groups is 1. The molecule has 0 bridgehead atoms. The number of hydrogen-bond donors (Lipinski definition) is 2. The second-order valence-corrected chi connectivity index (χ2v) is 3.20. The largest absolute Gasteiger partial charge is 0.478 e. The molecule has 84 valence electrons. The van der Waals surface area contributed by atoms with Crippen LogP contribution in [0.25, 0.3) is 6.08 Å². The fraction of sp³-hybridized carbons (Fsp3) is 0.100. The third-order valence-electron chi connectivity index (χ3n) is 2.00. The number of aryl methyl sites for hydroxylation is 1. The van der Waals surface area contributed by atoms with E-state index < -0.39 is 10.9 Å². The molecule has 0 aromatic heterocycles. The summed E-state index contributed by atoms with van der Waals surface area (Å²) in [6.45, 7) is 1.57. The summed E-state index contributed by atoms with van der Waals surface area (Å²) in [5.41, 5.74) is 6.55.